The molecule has 3 aliphatic carbocycles. The summed E-state index contributed by atoms with van der Waals surface area (Å²) in [5.74, 6) is 0.178. The molecule has 1 heterocycles. The van der Waals surface area contributed by atoms with E-state index in [9.17, 15) is 25.5 Å². The highest BCUT2D eigenvalue weighted by molar-refractivity contribution is 5.43. The highest BCUT2D eigenvalue weighted by Gasteiger charge is 2.55. The van der Waals surface area contributed by atoms with Gasteiger partial charge in [0.1, 0.15) is 30.5 Å². The SMILES string of the molecule is C=CC(C)(C)OC[C@H]1O[C@H](O[C@@H]2C3=C(C(C)C)C[C@H](O)[C@]3(C)C=C3[C@@H](COC)CC[C@H]3[C@@H](C)[C@H]2O)[C@@H](O)[C@@H](O)[C@@H]1O. The van der Waals surface area contributed by atoms with Crippen LogP contribution in [0, 0.1) is 29.1 Å². The molecule has 0 aromatic heterocycles. The number of fused-ring (bicyclic) bond motifs is 2. The highest BCUT2D eigenvalue weighted by Crippen LogP contribution is 2.55. The zero-order valence-electron chi connectivity index (χ0n) is 25.7. The summed E-state index contributed by atoms with van der Waals surface area (Å²) in [6, 6.07) is 0. The molecule has 12 atom stereocenters. The number of aliphatic hydroxyl groups excluding tert-OH is 5. The molecule has 234 valence electrons. The van der Waals surface area contributed by atoms with Crippen LogP contribution in [0.25, 0.3) is 0 Å². The minimum Gasteiger partial charge on any atom is -0.392 e. The summed E-state index contributed by atoms with van der Waals surface area (Å²) >= 11 is 0. The summed E-state index contributed by atoms with van der Waals surface area (Å²) in [6.45, 7) is 16.0. The molecule has 9 heteroatoms. The van der Waals surface area contributed by atoms with Gasteiger partial charge in [0.15, 0.2) is 6.29 Å². The minimum absolute atomic E-state index is 0.0706. The van der Waals surface area contributed by atoms with Gasteiger partial charge in [-0.3, -0.25) is 0 Å². The molecule has 41 heavy (non-hydrogen) atoms. The van der Waals surface area contributed by atoms with Crippen molar-refractivity contribution >= 4 is 0 Å². The van der Waals surface area contributed by atoms with Crippen molar-refractivity contribution < 1.29 is 44.5 Å². The number of methoxy groups -OCH3 is 1. The average molecular weight is 581 g/mol. The summed E-state index contributed by atoms with van der Waals surface area (Å²) in [4.78, 5) is 0. The van der Waals surface area contributed by atoms with E-state index >= 15 is 0 Å². The number of rotatable bonds is 9. The first-order valence-electron chi connectivity index (χ1n) is 15.1. The van der Waals surface area contributed by atoms with Crippen LogP contribution in [0.2, 0.25) is 0 Å². The molecule has 1 aliphatic heterocycles. The largest absolute Gasteiger partial charge is 0.392 e. The molecule has 5 N–H and O–H groups in total. The van der Waals surface area contributed by atoms with E-state index < -0.39 is 60.0 Å². The lowest BCUT2D eigenvalue weighted by Crippen LogP contribution is -2.61. The molecule has 4 aliphatic rings. The zero-order valence-corrected chi connectivity index (χ0v) is 25.7. The van der Waals surface area contributed by atoms with Crippen LogP contribution in [-0.4, -0.2) is 100 Å². The van der Waals surface area contributed by atoms with Gasteiger partial charge in [-0.25, -0.2) is 0 Å². The van der Waals surface area contributed by atoms with Gasteiger partial charge in [0.25, 0.3) is 0 Å². The molecule has 0 spiro atoms. The normalized spacial score (nSPS) is 43.4. The van der Waals surface area contributed by atoms with Crippen LogP contribution in [0.15, 0.2) is 35.5 Å². The third kappa shape index (κ3) is 6.12. The highest BCUT2D eigenvalue weighted by atomic mass is 16.7. The van der Waals surface area contributed by atoms with Crippen LogP contribution < -0.4 is 0 Å². The maximum absolute atomic E-state index is 12.0. The molecule has 4 rings (SSSR count). The molecule has 9 nitrogen and oxygen atoms in total. The first-order valence-corrected chi connectivity index (χ1v) is 15.1. The Kier molecular flexibility index (Phi) is 9.96. The van der Waals surface area contributed by atoms with Crippen molar-refractivity contribution in [1.82, 2.24) is 0 Å². The van der Waals surface area contributed by atoms with Gasteiger partial charge in [-0.2, -0.15) is 0 Å². The fraction of sp³-hybridized carbons (Fsp3) is 0.812. The molecule has 0 bridgehead atoms. The van der Waals surface area contributed by atoms with Crippen LogP contribution >= 0.6 is 0 Å². The first-order chi connectivity index (χ1) is 19.2. The van der Waals surface area contributed by atoms with Gasteiger partial charge < -0.3 is 44.5 Å². The zero-order chi connectivity index (χ0) is 30.4. The van der Waals surface area contributed by atoms with Crippen molar-refractivity contribution in [2.24, 2.45) is 29.1 Å². The second-order valence-electron chi connectivity index (χ2n) is 13.6. The summed E-state index contributed by atoms with van der Waals surface area (Å²) in [5.41, 5.74) is 1.51. The number of ether oxygens (including phenoxy) is 4. The minimum atomic E-state index is -1.56. The van der Waals surface area contributed by atoms with E-state index in [4.69, 9.17) is 18.9 Å². The van der Waals surface area contributed by atoms with Crippen LogP contribution in [0.1, 0.15) is 60.8 Å². The Hall–Kier alpha value is -1.14. The maximum atomic E-state index is 12.0. The van der Waals surface area contributed by atoms with Crippen molar-refractivity contribution in [3.05, 3.63) is 35.5 Å². The van der Waals surface area contributed by atoms with Crippen molar-refractivity contribution in [3.8, 4) is 0 Å². The standard InChI is InChI=1S/C32H52O9/c1-9-31(5,6)39-15-22-26(35)27(36)28(37)30(40-22)41-29-24-20(16(2)3)12-23(33)32(24,7)13-21-18(14-38-8)10-11-19(21)17(4)25(29)34/h9,13,16-19,22-23,25-30,33-37H,1,10-12,14-15H2,2-8H3/t17-,18-,19+,22-,23+,25-,26-,27+,28+,29-,30-,32+/m1/s1. The Morgan fingerprint density at radius 1 is 1.07 bits per heavy atom. The molecule has 0 aromatic rings. The van der Waals surface area contributed by atoms with Gasteiger partial charge in [-0.1, -0.05) is 44.1 Å². The van der Waals surface area contributed by atoms with Crippen molar-refractivity contribution in [1.29, 1.82) is 0 Å². The number of hydrogen-bond donors (Lipinski definition) is 5. The van der Waals surface area contributed by atoms with Gasteiger partial charge in [0, 0.05) is 18.4 Å². The van der Waals surface area contributed by atoms with Crippen LogP contribution in [0.3, 0.4) is 0 Å². The molecule has 1 saturated heterocycles. The summed E-state index contributed by atoms with van der Waals surface area (Å²) in [7, 11) is 1.70. The second kappa shape index (κ2) is 12.5. The van der Waals surface area contributed by atoms with E-state index in [-0.39, 0.29) is 30.3 Å². The van der Waals surface area contributed by atoms with Gasteiger partial charge >= 0.3 is 0 Å². The predicted molar refractivity (Wildman–Crippen MR) is 154 cm³/mol. The van der Waals surface area contributed by atoms with E-state index in [0.29, 0.717) is 13.0 Å². The van der Waals surface area contributed by atoms with Crippen LogP contribution in [0.5, 0.6) is 0 Å². The van der Waals surface area contributed by atoms with E-state index in [1.54, 1.807) is 13.2 Å². The smallest absolute Gasteiger partial charge is 0.187 e. The average Bonchev–Trinajstić information content (AvgIpc) is 3.42. The van der Waals surface area contributed by atoms with Crippen molar-refractivity contribution in [2.45, 2.75) is 115 Å². The lowest BCUT2D eigenvalue weighted by Gasteiger charge is -2.46. The Morgan fingerprint density at radius 2 is 1.76 bits per heavy atom. The second-order valence-corrected chi connectivity index (χ2v) is 13.6. The van der Waals surface area contributed by atoms with Crippen LogP contribution in [-0.2, 0) is 18.9 Å². The molecular weight excluding hydrogens is 528 g/mol. The van der Waals surface area contributed by atoms with Gasteiger partial charge in [0.05, 0.1) is 31.0 Å². The number of aliphatic hydroxyl groups is 5. The summed E-state index contributed by atoms with van der Waals surface area (Å²) < 4.78 is 24.0. The summed E-state index contributed by atoms with van der Waals surface area (Å²) in [5, 5.41) is 56.0. The topological polar surface area (TPSA) is 138 Å². The quantitative estimate of drug-likeness (QED) is 0.261. The molecule has 1 saturated carbocycles. The molecule has 0 amide bonds. The Labute approximate surface area is 244 Å². The lowest BCUT2D eigenvalue weighted by molar-refractivity contribution is -0.319. The van der Waals surface area contributed by atoms with Gasteiger partial charge in [0.2, 0.25) is 0 Å². The summed E-state index contributed by atoms with van der Waals surface area (Å²) in [6.07, 6.45) is -3.38. The Balaban J connectivity index is 1.74. The first kappa shape index (κ1) is 32.8. The fourth-order valence-electron chi connectivity index (χ4n) is 7.30. The molecule has 0 radical (unpaired) electrons. The van der Waals surface area contributed by atoms with E-state index in [2.05, 4.69) is 26.5 Å². The monoisotopic (exact) mass is 580 g/mol. The van der Waals surface area contributed by atoms with Crippen molar-refractivity contribution in [3.63, 3.8) is 0 Å². The van der Waals surface area contributed by atoms with Gasteiger partial charge in [-0.05, 0) is 63.4 Å². The molecule has 2 fully saturated rings. The third-order valence-electron chi connectivity index (χ3n) is 10.1. The third-order valence-corrected chi connectivity index (χ3v) is 10.1. The van der Waals surface area contributed by atoms with Crippen LogP contribution in [0.4, 0.5) is 0 Å². The Morgan fingerprint density at radius 3 is 2.37 bits per heavy atom. The Bertz CT molecular complexity index is 1010. The maximum Gasteiger partial charge on any atom is 0.187 e. The molecular formula is C32H52O9. The van der Waals surface area contributed by atoms with E-state index in [1.165, 1.54) is 5.57 Å². The molecule has 0 unspecified atom stereocenters. The fourth-order valence-corrected chi connectivity index (χ4v) is 7.30. The van der Waals surface area contributed by atoms with Crippen molar-refractivity contribution in [2.75, 3.05) is 20.3 Å². The van der Waals surface area contributed by atoms with E-state index in [0.717, 1.165) is 24.0 Å². The number of hydrogen-bond acceptors (Lipinski definition) is 9. The van der Waals surface area contributed by atoms with Gasteiger partial charge in [-0.15, -0.1) is 6.58 Å². The predicted octanol–water partition coefficient (Wildman–Crippen LogP) is 2.49. The lowest BCUT2D eigenvalue weighted by atomic mass is 9.68. The molecule has 0 aromatic carbocycles. The van der Waals surface area contributed by atoms with E-state index in [1.807, 2.05) is 27.7 Å².